The van der Waals surface area contributed by atoms with E-state index in [0.717, 1.165) is 49.5 Å². The summed E-state index contributed by atoms with van der Waals surface area (Å²) >= 11 is 0. The fourth-order valence-corrected chi connectivity index (χ4v) is 3.46. The SMILES string of the molecule is Cc1ccc(CNCc2cccc(OCCN(C)C3CCOCC3)c2)cc1F. The number of nitrogens with one attached hydrogen (secondary N) is 1. The van der Waals surface area contributed by atoms with Crippen LogP contribution < -0.4 is 10.1 Å². The smallest absolute Gasteiger partial charge is 0.126 e. The van der Waals surface area contributed by atoms with Crippen molar-refractivity contribution in [1.29, 1.82) is 0 Å². The van der Waals surface area contributed by atoms with Crippen molar-refractivity contribution in [2.75, 3.05) is 33.4 Å². The Balaban J connectivity index is 1.41. The van der Waals surface area contributed by atoms with Crippen LogP contribution >= 0.6 is 0 Å². The van der Waals surface area contributed by atoms with Gasteiger partial charge in [0.1, 0.15) is 18.2 Å². The molecule has 1 aliphatic rings. The fraction of sp³-hybridized carbons (Fsp3) is 0.478. The van der Waals surface area contributed by atoms with E-state index >= 15 is 0 Å². The van der Waals surface area contributed by atoms with Crippen LogP contribution in [0.15, 0.2) is 42.5 Å². The molecule has 152 valence electrons. The molecule has 1 aliphatic heterocycles. The summed E-state index contributed by atoms with van der Waals surface area (Å²) in [6.45, 7) is 6.44. The highest BCUT2D eigenvalue weighted by Gasteiger charge is 2.17. The van der Waals surface area contributed by atoms with E-state index in [1.807, 2.05) is 24.3 Å². The van der Waals surface area contributed by atoms with Crippen LogP contribution in [0.25, 0.3) is 0 Å². The molecule has 0 spiro atoms. The molecule has 3 rings (SSSR count). The third-order valence-electron chi connectivity index (χ3n) is 5.32. The molecule has 1 saturated heterocycles. The van der Waals surface area contributed by atoms with Crippen LogP contribution in [0.2, 0.25) is 0 Å². The maximum absolute atomic E-state index is 13.6. The standard InChI is InChI=1S/C23H31FN2O2/c1-18-6-7-20(15-23(18)24)17-25-16-19-4-3-5-22(14-19)28-13-10-26(2)21-8-11-27-12-9-21/h3-7,14-15,21,25H,8-13,16-17H2,1-2H3. The topological polar surface area (TPSA) is 33.7 Å². The first kappa shape index (κ1) is 20.8. The summed E-state index contributed by atoms with van der Waals surface area (Å²) in [6, 6.07) is 14.1. The predicted octanol–water partition coefficient (Wildman–Crippen LogP) is 3.91. The van der Waals surface area contributed by atoms with Crippen LogP contribution in [0.5, 0.6) is 5.75 Å². The Hall–Kier alpha value is -1.95. The molecule has 0 aromatic heterocycles. The van der Waals surface area contributed by atoms with Gasteiger partial charge in [0.25, 0.3) is 0 Å². The first-order valence-electron chi connectivity index (χ1n) is 10.1. The zero-order valence-corrected chi connectivity index (χ0v) is 16.9. The minimum atomic E-state index is -0.152. The van der Waals surface area contributed by atoms with Gasteiger partial charge in [-0.05, 0) is 61.7 Å². The molecule has 0 radical (unpaired) electrons. The quantitative estimate of drug-likeness (QED) is 0.708. The van der Waals surface area contributed by atoms with Gasteiger partial charge in [0, 0.05) is 38.9 Å². The minimum absolute atomic E-state index is 0.152. The number of ether oxygens (including phenoxy) is 2. The van der Waals surface area contributed by atoms with Gasteiger partial charge in [-0.15, -0.1) is 0 Å². The molecule has 4 nitrogen and oxygen atoms in total. The molecule has 0 amide bonds. The molecule has 5 heteroatoms. The minimum Gasteiger partial charge on any atom is -0.492 e. The highest BCUT2D eigenvalue weighted by Crippen LogP contribution is 2.15. The van der Waals surface area contributed by atoms with Crippen molar-refractivity contribution in [3.05, 3.63) is 65.0 Å². The molecule has 0 atom stereocenters. The zero-order chi connectivity index (χ0) is 19.8. The zero-order valence-electron chi connectivity index (χ0n) is 16.9. The highest BCUT2D eigenvalue weighted by molar-refractivity contribution is 5.28. The first-order chi connectivity index (χ1) is 13.6. The number of nitrogens with zero attached hydrogens (tertiary/aromatic N) is 1. The summed E-state index contributed by atoms with van der Waals surface area (Å²) in [4.78, 5) is 2.37. The van der Waals surface area contributed by atoms with Gasteiger partial charge in [0.05, 0.1) is 0 Å². The van der Waals surface area contributed by atoms with Crippen LogP contribution in [-0.4, -0.2) is 44.4 Å². The van der Waals surface area contributed by atoms with Gasteiger partial charge in [0.15, 0.2) is 0 Å². The van der Waals surface area contributed by atoms with E-state index in [9.17, 15) is 4.39 Å². The van der Waals surface area contributed by atoms with Gasteiger partial charge in [-0.3, -0.25) is 4.90 Å². The maximum Gasteiger partial charge on any atom is 0.126 e. The number of aryl methyl sites for hydroxylation is 1. The lowest BCUT2D eigenvalue weighted by Gasteiger charge is -2.31. The van der Waals surface area contributed by atoms with Gasteiger partial charge in [0.2, 0.25) is 0 Å². The molecule has 2 aromatic rings. The summed E-state index contributed by atoms with van der Waals surface area (Å²) < 4.78 is 25.0. The average molecular weight is 387 g/mol. The third-order valence-corrected chi connectivity index (χ3v) is 5.32. The predicted molar refractivity (Wildman–Crippen MR) is 110 cm³/mol. The van der Waals surface area contributed by atoms with Crippen LogP contribution in [0.3, 0.4) is 0 Å². The van der Waals surface area contributed by atoms with Crippen molar-refractivity contribution in [1.82, 2.24) is 10.2 Å². The Morgan fingerprint density at radius 1 is 1.11 bits per heavy atom. The molecule has 0 aliphatic carbocycles. The second-order valence-electron chi connectivity index (χ2n) is 7.51. The van der Waals surface area contributed by atoms with Gasteiger partial charge in [-0.25, -0.2) is 4.39 Å². The lowest BCUT2D eigenvalue weighted by molar-refractivity contribution is 0.0392. The van der Waals surface area contributed by atoms with E-state index in [1.54, 1.807) is 13.0 Å². The molecule has 0 saturated carbocycles. The van der Waals surface area contributed by atoms with E-state index in [1.165, 1.54) is 0 Å². The first-order valence-corrected chi connectivity index (χ1v) is 10.1. The second kappa shape index (κ2) is 10.6. The van der Waals surface area contributed by atoms with E-state index in [2.05, 4.69) is 29.4 Å². The van der Waals surface area contributed by atoms with Crippen molar-refractivity contribution in [3.63, 3.8) is 0 Å². The molecule has 1 fully saturated rings. The van der Waals surface area contributed by atoms with Crippen molar-refractivity contribution >= 4 is 0 Å². The Morgan fingerprint density at radius 3 is 2.61 bits per heavy atom. The molecule has 0 unspecified atom stereocenters. The second-order valence-corrected chi connectivity index (χ2v) is 7.51. The van der Waals surface area contributed by atoms with E-state index in [0.29, 0.717) is 31.3 Å². The molecular weight excluding hydrogens is 355 g/mol. The number of benzene rings is 2. The lowest BCUT2D eigenvalue weighted by atomic mass is 10.1. The molecule has 1 N–H and O–H groups in total. The van der Waals surface area contributed by atoms with Crippen LogP contribution in [0, 0.1) is 12.7 Å². The van der Waals surface area contributed by atoms with Crippen LogP contribution in [0.4, 0.5) is 4.39 Å². The number of halogens is 1. The maximum atomic E-state index is 13.6. The van der Waals surface area contributed by atoms with Gasteiger partial charge in [-0.1, -0.05) is 24.3 Å². The normalized spacial score (nSPS) is 15.1. The number of rotatable bonds is 9. The fourth-order valence-electron chi connectivity index (χ4n) is 3.46. The summed E-state index contributed by atoms with van der Waals surface area (Å²) in [5, 5.41) is 3.37. The van der Waals surface area contributed by atoms with Crippen molar-refractivity contribution < 1.29 is 13.9 Å². The van der Waals surface area contributed by atoms with Gasteiger partial charge < -0.3 is 14.8 Å². The van der Waals surface area contributed by atoms with E-state index in [-0.39, 0.29) is 5.82 Å². The third kappa shape index (κ3) is 6.30. The molecule has 1 heterocycles. The molecular formula is C23H31FN2O2. The van der Waals surface area contributed by atoms with Gasteiger partial charge in [-0.2, -0.15) is 0 Å². The van der Waals surface area contributed by atoms with E-state index < -0.39 is 0 Å². The van der Waals surface area contributed by atoms with E-state index in [4.69, 9.17) is 9.47 Å². The monoisotopic (exact) mass is 386 g/mol. The number of likely N-dealkylation sites (N-methyl/N-ethyl adjacent to an activating group) is 1. The number of hydrogen-bond donors (Lipinski definition) is 1. The van der Waals surface area contributed by atoms with Crippen LogP contribution in [-0.2, 0) is 17.8 Å². The largest absolute Gasteiger partial charge is 0.492 e. The Labute approximate surface area is 167 Å². The van der Waals surface area contributed by atoms with Gasteiger partial charge >= 0.3 is 0 Å². The summed E-state index contributed by atoms with van der Waals surface area (Å²) in [6.07, 6.45) is 2.20. The lowest BCUT2D eigenvalue weighted by Crippen LogP contribution is -2.38. The summed E-state index contributed by atoms with van der Waals surface area (Å²) in [7, 11) is 2.16. The Morgan fingerprint density at radius 2 is 1.86 bits per heavy atom. The van der Waals surface area contributed by atoms with Crippen molar-refractivity contribution in [3.8, 4) is 5.75 Å². The van der Waals surface area contributed by atoms with Crippen molar-refractivity contribution in [2.45, 2.75) is 38.9 Å². The molecule has 0 bridgehead atoms. The highest BCUT2D eigenvalue weighted by atomic mass is 19.1. The molecule has 28 heavy (non-hydrogen) atoms. The molecule has 2 aromatic carbocycles. The van der Waals surface area contributed by atoms with Crippen LogP contribution in [0.1, 0.15) is 29.5 Å². The number of hydrogen-bond acceptors (Lipinski definition) is 4. The Kier molecular flexibility index (Phi) is 7.83. The Bertz CT molecular complexity index is 747. The summed E-state index contributed by atoms with van der Waals surface area (Å²) in [5.74, 6) is 0.737. The van der Waals surface area contributed by atoms with Crippen molar-refractivity contribution in [2.24, 2.45) is 0 Å². The summed E-state index contributed by atoms with van der Waals surface area (Å²) in [5.41, 5.74) is 2.78. The average Bonchev–Trinajstić information content (AvgIpc) is 2.71.